The van der Waals surface area contributed by atoms with Crippen molar-refractivity contribution >= 4 is 22.8 Å². The molecule has 0 saturated carbocycles. The SMILES string of the molecule is C[C@@]12Cc3c([nH]c4ccc(OC(F)F)cc34)[C@@H](c3cccc(O)c3)N1C(=O)N(CCN1CCCCC1)C2=O. The number of hydrogen-bond acceptors (Lipinski definition) is 5. The number of benzene rings is 2. The van der Waals surface area contributed by atoms with E-state index < -0.39 is 18.2 Å². The van der Waals surface area contributed by atoms with Gasteiger partial charge < -0.3 is 19.7 Å². The third-order valence-corrected chi connectivity index (χ3v) is 8.14. The Bertz CT molecular complexity index is 1400. The van der Waals surface area contributed by atoms with Gasteiger partial charge in [-0.2, -0.15) is 8.78 Å². The lowest BCUT2D eigenvalue weighted by atomic mass is 9.81. The molecule has 10 heteroatoms. The number of aromatic nitrogens is 1. The second-order valence-electron chi connectivity index (χ2n) is 10.6. The summed E-state index contributed by atoms with van der Waals surface area (Å²) >= 11 is 0. The summed E-state index contributed by atoms with van der Waals surface area (Å²) in [4.78, 5) is 36.5. The van der Waals surface area contributed by atoms with Crippen molar-refractivity contribution in [1.82, 2.24) is 19.7 Å². The maximum Gasteiger partial charge on any atom is 0.387 e. The minimum Gasteiger partial charge on any atom is -0.508 e. The molecule has 3 amide bonds. The first kappa shape index (κ1) is 24.7. The number of halogens is 2. The lowest BCUT2D eigenvalue weighted by Crippen LogP contribution is -2.53. The van der Waals surface area contributed by atoms with Gasteiger partial charge in [-0.15, -0.1) is 0 Å². The van der Waals surface area contributed by atoms with Crippen LogP contribution in [0.25, 0.3) is 10.9 Å². The minimum absolute atomic E-state index is 0.0211. The van der Waals surface area contributed by atoms with E-state index in [1.54, 1.807) is 42.2 Å². The van der Waals surface area contributed by atoms with Gasteiger partial charge in [0.2, 0.25) is 0 Å². The van der Waals surface area contributed by atoms with E-state index in [1.165, 1.54) is 17.4 Å². The summed E-state index contributed by atoms with van der Waals surface area (Å²) in [7, 11) is 0. The monoisotopic (exact) mass is 524 g/mol. The van der Waals surface area contributed by atoms with Crippen molar-refractivity contribution in [2.24, 2.45) is 0 Å². The Kier molecular flexibility index (Phi) is 6.02. The lowest BCUT2D eigenvalue weighted by Gasteiger charge is -2.42. The highest BCUT2D eigenvalue weighted by Crippen LogP contribution is 2.49. The number of aromatic hydroxyl groups is 1. The molecule has 0 aliphatic carbocycles. The van der Waals surface area contributed by atoms with Crippen LogP contribution < -0.4 is 4.74 Å². The number of aromatic amines is 1. The van der Waals surface area contributed by atoms with Crippen LogP contribution >= 0.6 is 0 Å². The number of phenolic OH excluding ortho intramolecular Hbond substituents is 1. The van der Waals surface area contributed by atoms with Crippen LogP contribution in [0.1, 0.15) is 49.0 Å². The number of ether oxygens (including phenoxy) is 1. The third-order valence-electron chi connectivity index (χ3n) is 8.14. The number of likely N-dealkylation sites (tertiary alicyclic amines) is 1. The molecule has 0 radical (unpaired) electrons. The molecule has 4 heterocycles. The Morgan fingerprint density at radius 2 is 1.89 bits per heavy atom. The number of fused-ring (bicyclic) bond motifs is 4. The third kappa shape index (κ3) is 3.98. The van der Waals surface area contributed by atoms with Crippen LogP contribution in [0.4, 0.5) is 13.6 Å². The van der Waals surface area contributed by atoms with Crippen LogP contribution in [0.15, 0.2) is 42.5 Å². The number of rotatable bonds is 6. The van der Waals surface area contributed by atoms with Gasteiger partial charge in [0.1, 0.15) is 23.1 Å². The molecule has 8 nitrogen and oxygen atoms in total. The van der Waals surface area contributed by atoms with Gasteiger partial charge in [0, 0.05) is 36.1 Å². The van der Waals surface area contributed by atoms with Crippen molar-refractivity contribution in [3.05, 3.63) is 59.3 Å². The summed E-state index contributed by atoms with van der Waals surface area (Å²) in [6.45, 7) is 1.66. The Hall–Kier alpha value is -3.66. The molecule has 3 aromatic rings. The molecule has 0 bridgehead atoms. The molecule has 2 fully saturated rings. The highest BCUT2D eigenvalue weighted by atomic mass is 19.3. The smallest absolute Gasteiger partial charge is 0.387 e. The molecule has 2 N–H and O–H groups in total. The topological polar surface area (TPSA) is 89.1 Å². The van der Waals surface area contributed by atoms with Crippen LogP contribution in [0.2, 0.25) is 0 Å². The Morgan fingerprint density at radius 3 is 2.63 bits per heavy atom. The number of phenols is 1. The van der Waals surface area contributed by atoms with Gasteiger partial charge in [-0.3, -0.25) is 14.6 Å². The van der Waals surface area contributed by atoms with Crippen LogP contribution in [-0.2, 0) is 11.2 Å². The first-order valence-electron chi connectivity index (χ1n) is 13.0. The highest BCUT2D eigenvalue weighted by Gasteiger charge is 2.60. The lowest BCUT2D eigenvalue weighted by molar-refractivity contribution is -0.133. The fourth-order valence-corrected chi connectivity index (χ4v) is 6.33. The summed E-state index contributed by atoms with van der Waals surface area (Å²) in [5.41, 5.74) is 1.61. The van der Waals surface area contributed by atoms with Crippen molar-refractivity contribution in [1.29, 1.82) is 0 Å². The van der Waals surface area contributed by atoms with E-state index in [9.17, 15) is 23.5 Å². The first-order chi connectivity index (χ1) is 18.3. The summed E-state index contributed by atoms with van der Waals surface area (Å²) in [5.74, 6) is -0.211. The van der Waals surface area contributed by atoms with E-state index >= 15 is 0 Å². The number of urea groups is 1. The van der Waals surface area contributed by atoms with Crippen LogP contribution in [0.5, 0.6) is 11.5 Å². The fraction of sp³-hybridized carbons (Fsp3) is 0.429. The van der Waals surface area contributed by atoms with E-state index in [4.69, 9.17) is 0 Å². The van der Waals surface area contributed by atoms with Gasteiger partial charge in [0.05, 0.1) is 0 Å². The zero-order valence-corrected chi connectivity index (χ0v) is 21.1. The summed E-state index contributed by atoms with van der Waals surface area (Å²) in [5, 5.41) is 10.9. The maximum absolute atomic E-state index is 13.9. The van der Waals surface area contributed by atoms with E-state index in [-0.39, 0.29) is 29.9 Å². The molecule has 0 unspecified atom stereocenters. The van der Waals surface area contributed by atoms with Gasteiger partial charge in [0.15, 0.2) is 0 Å². The Labute approximate surface area is 218 Å². The molecule has 200 valence electrons. The van der Waals surface area contributed by atoms with E-state index in [1.807, 2.05) is 6.07 Å². The number of nitrogens with zero attached hydrogens (tertiary/aromatic N) is 3. The Morgan fingerprint density at radius 1 is 1.11 bits per heavy atom. The number of alkyl halides is 2. The highest BCUT2D eigenvalue weighted by molar-refractivity contribution is 6.08. The number of carbonyl (C=O) groups is 2. The number of imide groups is 1. The van der Waals surface area contributed by atoms with Crippen molar-refractivity contribution in [2.45, 2.75) is 50.8 Å². The first-order valence-corrected chi connectivity index (χ1v) is 13.0. The van der Waals surface area contributed by atoms with Crippen LogP contribution in [0, 0.1) is 0 Å². The number of nitrogens with one attached hydrogen (secondary N) is 1. The van der Waals surface area contributed by atoms with E-state index in [0.717, 1.165) is 31.5 Å². The van der Waals surface area contributed by atoms with E-state index in [0.29, 0.717) is 35.2 Å². The summed E-state index contributed by atoms with van der Waals surface area (Å²) in [6, 6.07) is 10.3. The van der Waals surface area contributed by atoms with Crippen molar-refractivity contribution < 1.29 is 28.2 Å². The second kappa shape index (κ2) is 9.27. The number of carbonyl (C=O) groups excluding carboxylic acids is 2. The normalized spacial score (nSPS) is 23.8. The van der Waals surface area contributed by atoms with Gasteiger partial charge in [0.25, 0.3) is 5.91 Å². The molecule has 2 saturated heterocycles. The predicted molar refractivity (Wildman–Crippen MR) is 136 cm³/mol. The molecule has 0 spiro atoms. The molecule has 6 rings (SSSR count). The number of piperidine rings is 1. The molecule has 1 aromatic heterocycles. The molecule has 3 aliphatic rings. The summed E-state index contributed by atoms with van der Waals surface area (Å²) < 4.78 is 30.5. The van der Waals surface area contributed by atoms with Crippen molar-refractivity contribution in [3.63, 3.8) is 0 Å². The van der Waals surface area contributed by atoms with Gasteiger partial charge in [-0.25, -0.2) is 4.79 Å². The largest absolute Gasteiger partial charge is 0.508 e. The Balaban J connectivity index is 1.44. The van der Waals surface area contributed by atoms with Crippen LogP contribution in [0.3, 0.4) is 0 Å². The number of hydrogen-bond donors (Lipinski definition) is 2. The summed E-state index contributed by atoms with van der Waals surface area (Å²) in [6.07, 6.45) is 3.65. The maximum atomic E-state index is 13.9. The quantitative estimate of drug-likeness (QED) is 0.459. The number of amides is 3. The fourth-order valence-electron chi connectivity index (χ4n) is 6.33. The van der Waals surface area contributed by atoms with Crippen molar-refractivity contribution in [2.75, 3.05) is 26.2 Å². The zero-order chi connectivity index (χ0) is 26.6. The van der Waals surface area contributed by atoms with Gasteiger partial charge in [-0.1, -0.05) is 18.6 Å². The van der Waals surface area contributed by atoms with E-state index in [2.05, 4.69) is 14.6 Å². The molecule has 3 aliphatic heterocycles. The average Bonchev–Trinajstić information content (AvgIpc) is 3.33. The molecule has 2 aromatic carbocycles. The molecular weight excluding hydrogens is 494 g/mol. The van der Waals surface area contributed by atoms with Crippen molar-refractivity contribution in [3.8, 4) is 11.5 Å². The standard InChI is InChI=1S/C28H30F2N4O4/c1-28-16-21-20-15-19(38-26(29)30)8-9-22(20)31-23(21)24(17-6-5-7-18(35)14-17)34(28)27(37)33(25(28)36)13-12-32-10-3-2-4-11-32/h5-9,14-15,24,26,31,35H,2-4,10-13,16H2,1H3/t24-,28+/m1/s1. The zero-order valence-electron chi connectivity index (χ0n) is 21.1. The minimum atomic E-state index is -2.96. The van der Waals surface area contributed by atoms with Crippen LogP contribution in [-0.4, -0.2) is 75.1 Å². The second-order valence-corrected chi connectivity index (χ2v) is 10.6. The average molecular weight is 525 g/mol. The van der Waals surface area contributed by atoms with Gasteiger partial charge in [-0.05, 0) is 74.3 Å². The number of H-pyrrole nitrogens is 1. The van der Waals surface area contributed by atoms with Gasteiger partial charge >= 0.3 is 12.6 Å². The predicted octanol–water partition coefficient (Wildman–Crippen LogP) is 4.63. The molecular formula is C28H30F2N4O4. The molecule has 2 atom stereocenters. The molecule has 38 heavy (non-hydrogen) atoms.